The van der Waals surface area contributed by atoms with Gasteiger partial charge in [-0.2, -0.15) is 14.2 Å². The average Bonchev–Trinajstić information content (AvgIpc) is 2.69. The molecular weight excluding hydrogens is 250 g/mol. The molecule has 1 aromatic carbocycles. The lowest BCUT2D eigenvalue weighted by Gasteiger charge is -1.98. The van der Waals surface area contributed by atoms with Crippen molar-refractivity contribution in [3.8, 4) is 0 Å². The minimum absolute atomic E-state index is 0.649. The first-order chi connectivity index (χ1) is 9.54. The Kier molecular flexibility index (Phi) is 2.89. The van der Waals surface area contributed by atoms with Crippen LogP contribution in [0, 0.1) is 20.8 Å². The molecule has 0 spiro atoms. The van der Waals surface area contributed by atoms with Crippen LogP contribution in [0.25, 0.3) is 5.65 Å². The number of rotatable bonds is 1. The second-order valence-electron chi connectivity index (χ2n) is 5.01. The molecule has 2 aromatic heterocycles. The molecule has 0 fully saturated rings. The van der Waals surface area contributed by atoms with Crippen molar-refractivity contribution >= 4 is 11.3 Å². The van der Waals surface area contributed by atoms with Crippen LogP contribution >= 0.6 is 0 Å². The average molecular weight is 267 g/mol. The standard InChI is InChI=1S/C15H17N5/c1-10-5-7-13(8-6-10)17-15-18-19(4)14-9-11(2)16-12(3)20(14)15/h5-9H,1-4H3. The molecule has 0 unspecified atom stereocenters. The van der Waals surface area contributed by atoms with Gasteiger partial charge in [-0.1, -0.05) is 29.8 Å². The molecule has 0 bridgehead atoms. The van der Waals surface area contributed by atoms with E-state index in [1.807, 2.05) is 60.3 Å². The summed E-state index contributed by atoms with van der Waals surface area (Å²) in [4.78, 5) is 9.09. The lowest BCUT2D eigenvalue weighted by atomic mass is 10.2. The summed E-state index contributed by atoms with van der Waals surface area (Å²) in [6, 6.07) is 10.1. The highest BCUT2D eigenvalue weighted by atomic mass is 15.4. The zero-order valence-corrected chi connectivity index (χ0v) is 12.1. The smallest absolute Gasteiger partial charge is 0.298 e. The van der Waals surface area contributed by atoms with Gasteiger partial charge in [0.05, 0.1) is 13.1 Å². The van der Waals surface area contributed by atoms with Gasteiger partial charge in [-0.05, 0) is 19.5 Å². The minimum Gasteiger partial charge on any atom is -0.323 e. The van der Waals surface area contributed by atoms with Crippen molar-refractivity contribution in [1.29, 1.82) is 0 Å². The van der Waals surface area contributed by atoms with E-state index in [-0.39, 0.29) is 0 Å². The predicted molar refractivity (Wildman–Crippen MR) is 75.6 cm³/mol. The maximum Gasteiger partial charge on any atom is 0.298 e. The summed E-state index contributed by atoms with van der Waals surface area (Å²) >= 11 is 0. The van der Waals surface area contributed by atoms with Crippen LogP contribution in [0.15, 0.2) is 35.3 Å². The van der Waals surface area contributed by atoms with Gasteiger partial charge in [-0.15, -0.1) is 0 Å². The Bertz CT molecular complexity index is 837. The molecule has 0 saturated heterocycles. The molecule has 0 aliphatic heterocycles. The summed E-state index contributed by atoms with van der Waals surface area (Å²) in [5, 5.41) is 4.48. The number of benzene rings is 1. The Hall–Kier alpha value is -2.43. The fraction of sp³-hybridized carbons (Fsp3) is 0.267. The van der Waals surface area contributed by atoms with Crippen LogP contribution < -0.4 is 15.4 Å². The van der Waals surface area contributed by atoms with Gasteiger partial charge < -0.3 is 4.99 Å². The SMILES string of the molecule is Cc1ccc(N=c2[n-][n+](C)c3cc(C)nc(C)n23)cc1. The third-order valence-corrected chi connectivity index (χ3v) is 3.26. The van der Waals surface area contributed by atoms with E-state index in [2.05, 4.69) is 22.0 Å². The predicted octanol–water partition coefficient (Wildman–Crippen LogP) is 1.27. The first-order valence-electron chi connectivity index (χ1n) is 6.56. The quantitative estimate of drug-likeness (QED) is 0.623. The molecule has 5 heteroatoms. The molecule has 3 aromatic rings. The van der Waals surface area contributed by atoms with Crippen LogP contribution in [-0.2, 0) is 7.05 Å². The van der Waals surface area contributed by atoms with E-state index >= 15 is 0 Å². The molecule has 3 rings (SSSR count). The van der Waals surface area contributed by atoms with Crippen molar-refractivity contribution in [2.45, 2.75) is 20.8 Å². The van der Waals surface area contributed by atoms with E-state index in [1.165, 1.54) is 5.56 Å². The molecule has 0 saturated carbocycles. The minimum atomic E-state index is 0.649. The third kappa shape index (κ3) is 2.11. The number of hydrogen-bond donors (Lipinski definition) is 0. The maximum atomic E-state index is 4.61. The van der Waals surface area contributed by atoms with E-state index in [0.717, 1.165) is 22.9 Å². The van der Waals surface area contributed by atoms with Crippen molar-refractivity contribution < 1.29 is 4.68 Å². The Morgan fingerprint density at radius 1 is 1.15 bits per heavy atom. The number of hydrogen-bond acceptors (Lipinski definition) is 2. The summed E-state index contributed by atoms with van der Waals surface area (Å²) in [5.74, 6) is 0.888. The lowest BCUT2D eigenvalue weighted by Crippen LogP contribution is -2.35. The van der Waals surface area contributed by atoms with E-state index < -0.39 is 0 Å². The number of nitrogens with zero attached hydrogens (tertiary/aromatic N) is 5. The summed E-state index contributed by atoms with van der Waals surface area (Å²) in [6.07, 6.45) is 0. The second-order valence-corrected chi connectivity index (χ2v) is 5.01. The highest BCUT2D eigenvalue weighted by molar-refractivity contribution is 5.39. The lowest BCUT2D eigenvalue weighted by molar-refractivity contribution is -0.710. The van der Waals surface area contributed by atoms with Crippen molar-refractivity contribution in [2.75, 3.05) is 0 Å². The van der Waals surface area contributed by atoms with E-state index in [9.17, 15) is 0 Å². The highest BCUT2D eigenvalue weighted by Gasteiger charge is 2.11. The number of aromatic nitrogens is 4. The fourth-order valence-corrected chi connectivity index (χ4v) is 2.28. The van der Waals surface area contributed by atoms with E-state index in [1.54, 1.807) is 0 Å². The van der Waals surface area contributed by atoms with Gasteiger partial charge in [0.2, 0.25) is 5.62 Å². The van der Waals surface area contributed by atoms with Crippen LogP contribution in [0.4, 0.5) is 5.69 Å². The van der Waals surface area contributed by atoms with Crippen LogP contribution in [0.1, 0.15) is 17.1 Å². The third-order valence-electron chi connectivity index (χ3n) is 3.26. The summed E-state index contributed by atoms with van der Waals surface area (Å²) < 4.78 is 3.79. The molecule has 2 heterocycles. The Labute approximate surface area is 117 Å². The van der Waals surface area contributed by atoms with Gasteiger partial charge in [-0.3, -0.25) is 0 Å². The van der Waals surface area contributed by atoms with Crippen LogP contribution in [0.5, 0.6) is 0 Å². The van der Waals surface area contributed by atoms with Gasteiger partial charge in [0, 0.05) is 12.6 Å². The maximum absolute atomic E-state index is 4.61. The van der Waals surface area contributed by atoms with Crippen molar-refractivity contribution in [1.82, 2.24) is 14.5 Å². The summed E-state index contributed by atoms with van der Waals surface area (Å²) in [6.45, 7) is 6.01. The van der Waals surface area contributed by atoms with Crippen molar-refractivity contribution in [2.24, 2.45) is 12.0 Å². The zero-order chi connectivity index (χ0) is 14.3. The molecule has 0 aliphatic rings. The van der Waals surface area contributed by atoms with Gasteiger partial charge in [0.25, 0.3) is 5.65 Å². The monoisotopic (exact) mass is 267 g/mol. The molecule has 0 N–H and O–H groups in total. The van der Waals surface area contributed by atoms with Crippen LogP contribution in [0.3, 0.4) is 0 Å². The van der Waals surface area contributed by atoms with Gasteiger partial charge in [0.1, 0.15) is 0 Å². The van der Waals surface area contributed by atoms with Crippen molar-refractivity contribution in [3.05, 3.63) is 53.0 Å². The Morgan fingerprint density at radius 2 is 1.85 bits per heavy atom. The molecule has 0 aliphatic carbocycles. The van der Waals surface area contributed by atoms with E-state index in [4.69, 9.17) is 0 Å². The van der Waals surface area contributed by atoms with Gasteiger partial charge in [-0.25, -0.2) is 4.98 Å². The first-order valence-corrected chi connectivity index (χ1v) is 6.56. The van der Waals surface area contributed by atoms with E-state index in [0.29, 0.717) is 5.62 Å². The Balaban J connectivity index is 2.29. The first kappa shape index (κ1) is 12.6. The number of fused-ring (bicyclic) bond motifs is 1. The van der Waals surface area contributed by atoms with Crippen molar-refractivity contribution in [3.63, 3.8) is 0 Å². The van der Waals surface area contributed by atoms with Gasteiger partial charge in [0.15, 0.2) is 5.82 Å². The van der Waals surface area contributed by atoms with Gasteiger partial charge >= 0.3 is 0 Å². The fourth-order valence-electron chi connectivity index (χ4n) is 2.28. The second kappa shape index (κ2) is 4.59. The molecule has 0 radical (unpaired) electrons. The summed E-state index contributed by atoms with van der Waals surface area (Å²) in [5.41, 5.74) is 4.73. The molecule has 102 valence electrons. The molecule has 0 atom stereocenters. The molecule has 20 heavy (non-hydrogen) atoms. The largest absolute Gasteiger partial charge is 0.323 e. The topological polar surface area (TPSA) is 47.6 Å². The highest BCUT2D eigenvalue weighted by Crippen LogP contribution is 2.11. The van der Waals surface area contributed by atoms with Crippen LogP contribution in [-0.4, -0.2) is 9.38 Å². The summed E-state index contributed by atoms with van der Waals surface area (Å²) in [7, 11) is 1.92. The molecule has 0 amide bonds. The normalized spacial score (nSPS) is 12.3. The van der Waals surface area contributed by atoms with Crippen LogP contribution in [0.2, 0.25) is 0 Å². The molecular formula is C15H17N5. The number of aryl methyl sites for hydroxylation is 4. The zero-order valence-electron chi connectivity index (χ0n) is 12.1. The molecule has 5 nitrogen and oxygen atoms in total. The Morgan fingerprint density at radius 3 is 2.55 bits per heavy atom.